The van der Waals surface area contributed by atoms with Crippen molar-refractivity contribution in [3.05, 3.63) is 23.8 Å². The second-order valence-corrected chi connectivity index (χ2v) is 11.4. The number of benzene rings is 1. The number of primary amides is 1. The van der Waals surface area contributed by atoms with Crippen LogP contribution in [-0.4, -0.2) is 35.6 Å². The lowest BCUT2D eigenvalue weighted by Crippen LogP contribution is -2.47. The first-order valence-electron chi connectivity index (χ1n) is 11.7. The standard InChI is InChI=1S/C26H40N2O7/c1-10-26(8,9)22(31)34-18-12-11-16(14-19(18)33-20(29)15-24(2,3)4)13-17(21(27)30)28-23(32)35-25(5,6)7/h11-12,14,17H,10,13,15H2,1-9H3,(H2,27,30)(H,28,32)/t17-/m0/s1. The Kier molecular flexibility index (Phi) is 9.88. The SMILES string of the molecule is CCC(C)(C)C(=O)Oc1ccc(C[C@H](NC(=O)OC(C)(C)C)C(N)=O)cc1OC(=O)CC(C)(C)C. The van der Waals surface area contributed by atoms with E-state index in [2.05, 4.69) is 5.32 Å². The maximum absolute atomic E-state index is 12.6. The van der Waals surface area contributed by atoms with Gasteiger partial charge in [0.05, 0.1) is 11.8 Å². The fourth-order valence-electron chi connectivity index (χ4n) is 2.73. The van der Waals surface area contributed by atoms with Gasteiger partial charge in [-0.25, -0.2) is 4.79 Å². The van der Waals surface area contributed by atoms with E-state index in [9.17, 15) is 19.2 Å². The zero-order chi connectivity index (χ0) is 27.2. The van der Waals surface area contributed by atoms with Crippen molar-refractivity contribution in [1.82, 2.24) is 5.32 Å². The summed E-state index contributed by atoms with van der Waals surface area (Å²) in [6.45, 7) is 16.2. The number of alkyl carbamates (subject to hydrolysis) is 1. The number of carbonyl (C=O) groups excluding carboxylic acids is 4. The quantitative estimate of drug-likeness (QED) is 0.388. The summed E-state index contributed by atoms with van der Waals surface area (Å²) in [5.74, 6) is -1.61. The summed E-state index contributed by atoms with van der Waals surface area (Å²) in [6.07, 6.45) is -0.0902. The lowest BCUT2D eigenvalue weighted by atomic mass is 9.91. The Bertz CT molecular complexity index is 940. The molecule has 1 aromatic carbocycles. The molecule has 9 heteroatoms. The third-order valence-corrected chi connectivity index (χ3v) is 5.02. The largest absolute Gasteiger partial charge is 0.444 e. The molecule has 0 heterocycles. The van der Waals surface area contributed by atoms with Gasteiger partial charge in [0.2, 0.25) is 5.91 Å². The number of rotatable bonds is 9. The molecule has 1 aromatic rings. The highest BCUT2D eigenvalue weighted by atomic mass is 16.6. The minimum atomic E-state index is -1.07. The van der Waals surface area contributed by atoms with Gasteiger partial charge in [0.25, 0.3) is 0 Å². The molecule has 35 heavy (non-hydrogen) atoms. The first-order chi connectivity index (χ1) is 15.8. The molecule has 0 unspecified atom stereocenters. The smallest absolute Gasteiger partial charge is 0.408 e. The van der Waals surface area contributed by atoms with Crippen molar-refractivity contribution in [2.24, 2.45) is 16.6 Å². The van der Waals surface area contributed by atoms with E-state index in [1.54, 1.807) is 40.7 Å². The molecule has 2 amide bonds. The highest BCUT2D eigenvalue weighted by molar-refractivity contribution is 5.85. The number of nitrogens with one attached hydrogen (secondary N) is 1. The van der Waals surface area contributed by atoms with E-state index < -0.39 is 41.0 Å². The predicted molar refractivity (Wildman–Crippen MR) is 132 cm³/mol. The topological polar surface area (TPSA) is 134 Å². The predicted octanol–water partition coefficient (Wildman–Crippen LogP) is 4.29. The van der Waals surface area contributed by atoms with Crippen molar-refractivity contribution in [3.63, 3.8) is 0 Å². The Morgan fingerprint density at radius 3 is 2.03 bits per heavy atom. The van der Waals surface area contributed by atoms with Gasteiger partial charge < -0.3 is 25.3 Å². The molecule has 0 aliphatic rings. The monoisotopic (exact) mass is 492 g/mol. The lowest BCUT2D eigenvalue weighted by Gasteiger charge is -2.23. The fourth-order valence-corrected chi connectivity index (χ4v) is 2.73. The molecule has 1 rings (SSSR count). The van der Waals surface area contributed by atoms with Crippen molar-refractivity contribution < 1.29 is 33.4 Å². The molecule has 0 radical (unpaired) electrons. The molecule has 196 valence electrons. The maximum atomic E-state index is 12.6. The van der Waals surface area contributed by atoms with Crippen molar-refractivity contribution in [1.29, 1.82) is 0 Å². The van der Waals surface area contributed by atoms with Crippen LogP contribution >= 0.6 is 0 Å². The fraction of sp³-hybridized carbons (Fsp3) is 0.615. The summed E-state index contributed by atoms with van der Waals surface area (Å²) >= 11 is 0. The zero-order valence-electron chi connectivity index (χ0n) is 22.4. The van der Waals surface area contributed by atoms with Crippen LogP contribution in [0, 0.1) is 10.8 Å². The molecule has 0 saturated heterocycles. The van der Waals surface area contributed by atoms with Gasteiger partial charge in [0.15, 0.2) is 11.5 Å². The molecule has 9 nitrogen and oxygen atoms in total. The van der Waals surface area contributed by atoms with E-state index in [-0.39, 0.29) is 29.8 Å². The minimum Gasteiger partial charge on any atom is -0.444 e. The van der Waals surface area contributed by atoms with E-state index in [4.69, 9.17) is 19.9 Å². The van der Waals surface area contributed by atoms with E-state index in [0.29, 0.717) is 12.0 Å². The summed E-state index contributed by atoms with van der Waals surface area (Å²) in [6, 6.07) is 3.52. The van der Waals surface area contributed by atoms with E-state index in [1.807, 2.05) is 27.7 Å². The third-order valence-electron chi connectivity index (χ3n) is 5.02. The lowest BCUT2D eigenvalue weighted by molar-refractivity contribution is -0.145. The zero-order valence-corrected chi connectivity index (χ0v) is 22.4. The van der Waals surface area contributed by atoms with Gasteiger partial charge in [0, 0.05) is 6.42 Å². The Morgan fingerprint density at radius 1 is 0.943 bits per heavy atom. The van der Waals surface area contributed by atoms with Crippen LogP contribution < -0.4 is 20.5 Å². The first-order valence-corrected chi connectivity index (χ1v) is 11.7. The van der Waals surface area contributed by atoms with Crippen LogP contribution in [0.25, 0.3) is 0 Å². The minimum absolute atomic E-state index is 0.00702. The molecule has 3 N–H and O–H groups in total. The van der Waals surface area contributed by atoms with Crippen LogP contribution in [0.2, 0.25) is 0 Å². The van der Waals surface area contributed by atoms with Crippen LogP contribution in [0.4, 0.5) is 4.79 Å². The average Bonchev–Trinajstić information content (AvgIpc) is 2.66. The first kappa shape index (κ1) is 29.9. The van der Waals surface area contributed by atoms with Crippen molar-refractivity contribution >= 4 is 23.9 Å². The van der Waals surface area contributed by atoms with Crippen LogP contribution in [0.3, 0.4) is 0 Å². The molecule has 0 aromatic heterocycles. The van der Waals surface area contributed by atoms with E-state index in [0.717, 1.165) is 0 Å². The molecular weight excluding hydrogens is 452 g/mol. The van der Waals surface area contributed by atoms with E-state index >= 15 is 0 Å². The van der Waals surface area contributed by atoms with Crippen molar-refractivity contribution in [2.45, 2.75) is 93.2 Å². The number of carbonyl (C=O) groups is 4. The summed E-state index contributed by atoms with van der Waals surface area (Å²) in [5, 5.41) is 2.46. The summed E-state index contributed by atoms with van der Waals surface area (Å²) in [4.78, 5) is 49.3. The average molecular weight is 493 g/mol. The highest BCUT2D eigenvalue weighted by Crippen LogP contribution is 2.33. The van der Waals surface area contributed by atoms with Crippen LogP contribution in [0.5, 0.6) is 11.5 Å². The second kappa shape index (κ2) is 11.6. The molecule has 0 aliphatic heterocycles. The second-order valence-electron chi connectivity index (χ2n) is 11.4. The molecule has 0 aliphatic carbocycles. The number of ether oxygens (including phenoxy) is 3. The van der Waals surface area contributed by atoms with Gasteiger partial charge in [-0.2, -0.15) is 0 Å². The highest BCUT2D eigenvalue weighted by Gasteiger charge is 2.30. The van der Waals surface area contributed by atoms with Crippen molar-refractivity contribution in [2.75, 3.05) is 0 Å². The van der Waals surface area contributed by atoms with Crippen LogP contribution in [0.15, 0.2) is 18.2 Å². The van der Waals surface area contributed by atoms with Gasteiger partial charge in [-0.05, 0) is 64.2 Å². The Hall–Kier alpha value is -3.10. The number of nitrogens with two attached hydrogens (primary N) is 1. The molecule has 0 saturated carbocycles. The molecule has 0 bridgehead atoms. The summed E-state index contributed by atoms with van der Waals surface area (Å²) in [5.41, 5.74) is 4.20. The number of hydrogen-bond donors (Lipinski definition) is 2. The number of esters is 2. The van der Waals surface area contributed by atoms with Gasteiger partial charge in [-0.1, -0.05) is 33.8 Å². The Labute approximate surface area is 208 Å². The van der Waals surface area contributed by atoms with Crippen LogP contribution in [-0.2, 0) is 25.5 Å². The van der Waals surface area contributed by atoms with Crippen molar-refractivity contribution in [3.8, 4) is 11.5 Å². The molecule has 0 fully saturated rings. The summed E-state index contributed by atoms with van der Waals surface area (Å²) < 4.78 is 16.3. The molecule has 0 spiro atoms. The Morgan fingerprint density at radius 2 is 1.54 bits per heavy atom. The van der Waals surface area contributed by atoms with Gasteiger partial charge in [-0.3, -0.25) is 14.4 Å². The van der Waals surface area contributed by atoms with Gasteiger partial charge >= 0.3 is 18.0 Å². The summed E-state index contributed by atoms with van der Waals surface area (Å²) in [7, 11) is 0. The van der Waals surface area contributed by atoms with Gasteiger partial charge in [-0.15, -0.1) is 0 Å². The maximum Gasteiger partial charge on any atom is 0.408 e. The third kappa shape index (κ3) is 10.8. The Balaban J connectivity index is 3.24. The molecule has 1 atom stereocenters. The van der Waals surface area contributed by atoms with Crippen LogP contribution in [0.1, 0.15) is 80.7 Å². The normalized spacial score (nSPS) is 12.9. The van der Waals surface area contributed by atoms with Gasteiger partial charge in [0.1, 0.15) is 11.6 Å². The number of hydrogen-bond acceptors (Lipinski definition) is 7. The number of amides is 2. The molecular formula is C26H40N2O7. The van der Waals surface area contributed by atoms with E-state index in [1.165, 1.54) is 12.1 Å².